The Labute approximate surface area is 98.0 Å². The highest BCUT2D eigenvalue weighted by molar-refractivity contribution is 5.83. The molecule has 1 aliphatic rings. The summed E-state index contributed by atoms with van der Waals surface area (Å²) in [5.74, 6) is -0.358. The zero-order valence-corrected chi connectivity index (χ0v) is 9.34. The first-order valence-electron chi connectivity index (χ1n) is 5.87. The van der Waals surface area contributed by atoms with Crippen LogP contribution in [0, 0.1) is 5.82 Å². The lowest BCUT2D eigenvalue weighted by atomic mass is 9.88. The molecule has 0 bridgehead atoms. The van der Waals surface area contributed by atoms with E-state index < -0.39 is 6.17 Å². The average Bonchev–Trinajstić information content (AvgIpc) is 2.72. The molecule has 0 aliphatic carbocycles. The predicted octanol–water partition coefficient (Wildman–Crippen LogP) is 2.72. The Kier molecular flexibility index (Phi) is 2.59. The molecule has 90 valence electrons. The van der Waals surface area contributed by atoms with Crippen molar-refractivity contribution in [3.8, 4) is 0 Å². The van der Waals surface area contributed by atoms with Crippen molar-refractivity contribution in [1.82, 2.24) is 10.3 Å². The molecule has 0 unspecified atom stereocenters. The molecule has 0 amide bonds. The van der Waals surface area contributed by atoms with Gasteiger partial charge in [-0.1, -0.05) is 0 Å². The van der Waals surface area contributed by atoms with Crippen LogP contribution in [0.1, 0.15) is 17.9 Å². The van der Waals surface area contributed by atoms with Gasteiger partial charge in [-0.15, -0.1) is 0 Å². The summed E-state index contributed by atoms with van der Waals surface area (Å²) >= 11 is 0. The molecular weight excluding hydrogens is 222 g/mol. The van der Waals surface area contributed by atoms with Crippen molar-refractivity contribution >= 4 is 10.9 Å². The lowest BCUT2D eigenvalue weighted by Gasteiger charge is -2.26. The maximum atomic E-state index is 13.9. The van der Waals surface area contributed by atoms with Crippen LogP contribution in [0.4, 0.5) is 8.78 Å². The van der Waals surface area contributed by atoms with Gasteiger partial charge in [-0.25, -0.2) is 8.78 Å². The zero-order chi connectivity index (χ0) is 11.8. The van der Waals surface area contributed by atoms with Crippen LogP contribution in [0.25, 0.3) is 10.9 Å². The van der Waals surface area contributed by atoms with Gasteiger partial charge in [-0.05, 0) is 36.7 Å². The second kappa shape index (κ2) is 4.11. The molecule has 3 rings (SSSR count). The molecule has 4 heteroatoms. The Morgan fingerprint density at radius 1 is 1.29 bits per heavy atom. The van der Waals surface area contributed by atoms with Crippen molar-refractivity contribution in [3.63, 3.8) is 0 Å². The predicted molar refractivity (Wildman–Crippen MR) is 63.4 cm³/mol. The van der Waals surface area contributed by atoms with Gasteiger partial charge in [0.2, 0.25) is 0 Å². The van der Waals surface area contributed by atoms with Gasteiger partial charge in [-0.2, -0.15) is 0 Å². The van der Waals surface area contributed by atoms with E-state index in [4.69, 9.17) is 0 Å². The number of aromatic amines is 1. The molecule has 2 atom stereocenters. The first-order valence-corrected chi connectivity index (χ1v) is 5.87. The van der Waals surface area contributed by atoms with Crippen LogP contribution in [0.2, 0.25) is 0 Å². The van der Waals surface area contributed by atoms with Gasteiger partial charge in [0.15, 0.2) is 0 Å². The number of hydrogen-bond acceptors (Lipinski definition) is 1. The third-order valence-corrected chi connectivity index (χ3v) is 3.48. The van der Waals surface area contributed by atoms with Gasteiger partial charge in [0, 0.05) is 29.6 Å². The van der Waals surface area contributed by atoms with Gasteiger partial charge in [0.1, 0.15) is 12.0 Å². The molecule has 2 aromatic rings. The van der Waals surface area contributed by atoms with Crippen LogP contribution in [0.15, 0.2) is 24.4 Å². The molecule has 1 aliphatic heterocycles. The van der Waals surface area contributed by atoms with Gasteiger partial charge in [0.25, 0.3) is 0 Å². The number of H-pyrrole nitrogens is 1. The van der Waals surface area contributed by atoms with Crippen LogP contribution in [0.5, 0.6) is 0 Å². The van der Waals surface area contributed by atoms with E-state index >= 15 is 0 Å². The average molecular weight is 236 g/mol. The molecule has 1 aromatic carbocycles. The van der Waals surface area contributed by atoms with Crippen LogP contribution >= 0.6 is 0 Å². The number of nitrogens with one attached hydrogen (secondary N) is 2. The maximum absolute atomic E-state index is 13.9. The van der Waals surface area contributed by atoms with Crippen molar-refractivity contribution in [2.24, 2.45) is 0 Å². The van der Waals surface area contributed by atoms with E-state index in [1.807, 2.05) is 6.20 Å². The standard InChI is InChI=1S/C13H14F2N2/c14-8-1-2-10-11(6-17-13(10)5-8)9-3-4-16-7-12(9)15/h1-2,5-6,9,12,16-17H,3-4,7H2/t9-,12+/m0/s1. The van der Waals surface area contributed by atoms with E-state index in [2.05, 4.69) is 10.3 Å². The van der Waals surface area contributed by atoms with Crippen LogP contribution in [-0.4, -0.2) is 24.2 Å². The van der Waals surface area contributed by atoms with E-state index in [-0.39, 0.29) is 11.7 Å². The van der Waals surface area contributed by atoms with Crippen molar-refractivity contribution < 1.29 is 8.78 Å². The minimum absolute atomic E-state index is 0.0875. The second-order valence-corrected chi connectivity index (χ2v) is 4.55. The zero-order valence-electron chi connectivity index (χ0n) is 9.34. The molecule has 0 spiro atoms. The summed E-state index contributed by atoms with van der Waals surface area (Å²) in [6.45, 7) is 1.23. The Morgan fingerprint density at radius 3 is 3.00 bits per heavy atom. The topological polar surface area (TPSA) is 27.8 Å². The Balaban J connectivity index is 2.05. The van der Waals surface area contributed by atoms with E-state index in [0.29, 0.717) is 6.54 Å². The first-order chi connectivity index (χ1) is 8.25. The van der Waals surface area contributed by atoms with Crippen molar-refractivity contribution in [1.29, 1.82) is 0 Å². The quantitative estimate of drug-likeness (QED) is 0.782. The van der Waals surface area contributed by atoms with E-state index in [0.717, 1.165) is 29.4 Å². The Morgan fingerprint density at radius 2 is 2.18 bits per heavy atom. The fraction of sp³-hybridized carbons (Fsp3) is 0.385. The number of hydrogen-bond donors (Lipinski definition) is 2. The summed E-state index contributed by atoms with van der Waals surface area (Å²) in [6.07, 6.45) is 1.73. The smallest absolute Gasteiger partial charge is 0.125 e. The fourth-order valence-electron chi connectivity index (χ4n) is 2.60. The Bertz CT molecular complexity index is 535. The minimum atomic E-state index is -0.868. The lowest BCUT2D eigenvalue weighted by Crippen LogP contribution is -2.36. The Hall–Kier alpha value is -1.42. The molecule has 17 heavy (non-hydrogen) atoms. The lowest BCUT2D eigenvalue weighted by molar-refractivity contribution is 0.232. The number of fused-ring (bicyclic) bond motifs is 1. The SMILES string of the molecule is Fc1ccc2c([C@@H]3CCNC[C@H]3F)c[nH]c2c1. The second-order valence-electron chi connectivity index (χ2n) is 4.55. The molecule has 1 aromatic heterocycles. The molecule has 2 nitrogen and oxygen atoms in total. The molecule has 2 N–H and O–H groups in total. The van der Waals surface area contributed by atoms with Crippen LogP contribution < -0.4 is 5.32 Å². The summed E-state index contributed by atoms with van der Waals surface area (Å²) < 4.78 is 26.9. The van der Waals surface area contributed by atoms with Gasteiger partial charge < -0.3 is 10.3 Å². The third kappa shape index (κ3) is 1.82. The molecule has 2 heterocycles. The number of piperidine rings is 1. The summed E-state index contributed by atoms with van der Waals surface area (Å²) in [5, 5.41) is 3.97. The van der Waals surface area contributed by atoms with Gasteiger partial charge in [-0.3, -0.25) is 0 Å². The van der Waals surface area contributed by atoms with Crippen molar-refractivity contribution in [3.05, 3.63) is 35.8 Å². The maximum Gasteiger partial charge on any atom is 0.125 e. The minimum Gasteiger partial charge on any atom is -0.361 e. The molecule has 0 saturated carbocycles. The normalized spacial score (nSPS) is 25.3. The number of rotatable bonds is 1. The molecule has 1 fully saturated rings. The fourth-order valence-corrected chi connectivity index (χ4v) is 2.60. The van der Waals surface area contributed by atoms with Crippen LogP contribution in [0.3, 0.4) is 0 Å². The number of aromatic nitrogens is 1. The van der Waals surface area contributed by atoms with E-state index in [1.54, 1.807) is 6.07 Å². The molecule has 0 radical (unpaired) electrons. The van der Waals surface area contributed by atoms with Gasteiger partial charge >= 0.3 is 0 Å². The highest BCUT2D eigenvalue weighted by atomic mass is 19.1. The highest BCUT2D eigenvalue weighted by Crippen LogP contribution is 2.33. The summed E-state index contributed by atoms with van der Waals surface area (Å²) in [7, 11) is 0. The number of halogens is 2. The van der Waals surface area contributed by atoms with Crippen molar-refractivity contribution in [2.45, 2.75) is 18.5 Å². The van der Waals surface area contributed by atoms with E-state index in [1.165, 1.54) is 12.1 Å². The van der Waals surface area contributed by atoms with E-state index in [9.17, 15) is 8.78 Å². The van der Waals surface area contributed by atoms with Crippen molar-refractivity contribution in [2.75, 3.05) is 13.1 Å². The summed E-state index contributed by atoms with van der Waals surface area (Å²) in [4.78, 5) is 3.02. The van der Waals surface area contributed by atoms with Gasteiger partial charge in [0.05, 0.1) is 0 Å². The molecule has 1 saturated heterocycles. The summed E-state index contributed by atoms with van der Waals surface area (Å²) in [5.41, 5.74) is 1.71. The molecular formula is C13H14F2N2. The highest BCUT2D eigenvalue weighted by Gasteiger charge is 2.27. The van der Waals surface area contributed by atoms with Crippen LogP contribution in [-0.2, 0) is 0 Å². The number of benzene rings is 1. The first kappa shape index (κ1) is 10.7. The monoisotopic (exact) mass is 236 g/mol. The number of alkyl halides is 1. The largest absolute Gasteiger partial charge is 0.361 e. The third-order valence-electron chi connectivity index (χ3n) is 3.48. The summed E-state index contributed by atoms with van der Waals surface area (Å²) in [6, 6.07) is 4.60.